The maximum Gasteiger partial charge on any atom is 0.330 e. The SMILES string of the molecule is CCOC(=O)/C=C/[C@@H](Oc1ccccc1)[C@H](C[N+](=O)[O-])c1ccccc1. The highest BCUT2D eigenvalue weighted by atomic mass is 16.6. The number of nitro groups is 1. The number of hydrogen-bond acceptors (Lipinski definition) is 5. The summed E-state index contributed by atoms with van der Waals surface area (Å²) in [5.41, 5.74) is 0.763. The molecule has 6 heteroatoms. The molecule has 2 atom stereocenters. The van der Waals surface area contributed by atoms with Gasteiger partial charge in [-0.05, 0) is 30.7 Å². The van der Waals surface area contributed by atoms with Gasteiger partial charge in [0.15, 0.2) is 0 Å². The minimum atomic E-state index is -0.699. The molecule has 0 unspecified atom stereocenters. The fraction of sp³-hybridized carbons (Fsp3) is 0.250. The zero-order chi connectivity index (χ0) is 18.8. The van der Waals surface area contributed by atoms with Gasteiger partial charge in [0, 0.05) is 11.0 Å². The predicted octanol–water partition coefficient (Wildman–Crippen LogP) is 3.61. The van der Waals surface area contributed by atoms with Crippen molar-refractivity contribution in [3.63, 3.8) is 0 Å². The summed E-state index contributed by atoms with van der Waals surface area (Å²) in [6, 6.07) is 18.1. The van der Waals surface area contributed by atoms with Crippen LogP contribution in [-0.2, 0) is 9.53 Å². The van der Waals surface area contributed by atoms with Crippen molar-refractivity contribution in [3.05, 3.63) is 88.5 Å². The normalized spacial score (nSPS) is 13.1. The van der Waals surface area contributed by atoms with Crippen molar-refractivity contribution in [2.75, 3.05) is 13.2 Å². The molecule has 0 aromatic heterocycles. The topological polar surface area (TPSA) is 78.7 Å². The number of hydrogen-bond donors (Lipinski definition) is 0. The van der Waals surface area contributed by atoms with E-state index in [9.17, 15) is 14.9 Å². The quantitative estimate of drug-likeness (QED) is 0.297. The molecule has 26 heavy (non-hydrogen) atoms. The molecule has 0 N–H and O–H groups in total. The second-order valence-corrected chi connectivity index (χ2v) is 5.54. The van der Waals surface area contributed by atoms with Crippen molar-refractivity contribution in [3.8, 4) is 5.75 Å². The first-order valence-corrected chi connectivity index (χ1v) is 8.33. The Hall–Kier alpha value is -3.15. The van der Waals surface area contributed by atoms with Crippen molar-refractivity contribution in [2.45, 2.75) is 18.9 Å². The van der Waals surface area contributed by atoms with E-state index in [-0.39, 0.29) is 18.1 Å². The summed E-state index contributed by atoms with van der Waals surface area (Å²) in [4.78, 5) is 22.5. The third-order valence-electron chi connectivity index (χ3n) is 3.69. The fourth-order valence-electron chi connectivity index (χ4n) is 2.54. The average molecular weight is 355 g/mol. The van der Waals surface area contributed by atoms with Crippen LogP contribution in [-0.4, -0.2) is 30.1 Å². The van der Waals surface area contributed by atoms with Gasteiger partial charge in [0.05, 0.1) is 12.5 Å². The smallest absolute Gasteiger partial charge is 0.330 e. The standard InChI is InChI=1S/C20H21NO5/c1-2-25-20(22)14-13-19(26-17-11-7-4-8-12-17)18(15-21(23)24)16-9-5-3-6-10-16/h3-14,18-19H,2,15H2,1H3/b14-13+/t18-,19-/m1/s1. The van der Waals surface area contributed by atoms with Crippen LogP contribution in [0.4, 0.5) is 0 Å². The molecular formula is C20H21NO5. The van der Waals surface area contributed by atoms with E-state index in [4.69, 9.17) is 9.47 Å². The van der Waals surface area contributed by atoms with Gasteiger partial charge in [0.2, 0.25) is 6.54 Å². The van der Waals surface area contributed by atoms with E-state index >= 15 is 0 Å². The molecule has 0 aliphatic rings. The summed E-state index contributed by atoms with van der Waals surface area (Å²) in [7, 11) is 0. The minimum absolute atomic E-state index is 0.254. The van der Waals surface area contributed by atoms with Crippen LogP contribution in [0.15, 0.2) is 72.8 Å². The van der Waals surface area contributed by atoms with E-state index in [2.05, 4.69) is 0 Å². The van der Waals surface area contributed by atoms with Gasteiger partial charge in [-0.25, -0.2) is 4.79 Å². The number of carbonyl (C=O) groups is 1. The van der Waals surface area contributed by atoms with E-state index < -0.39 is 18.0 Å². The minimum Gasteiger partial charge on any atom is -0.485 e. The van der Waals surface area contributed by atoms with Gasteiger partial charge in [-0.3, -0.25) is 10.1 Å². The second kappa shape index (κ2) is 9.98. The van der Waals surface area contributed by atoms with E-state index in [1.165, 1.54) is 12.2 Å². The highest BCUT2D eigenvalue weighted by molar-refractivity contribution is 5.82. The molecular weight excluding hydrogens is 334 g/mol. The first-order chi connectivity index (χ1) is 12.6. The number of benzene rings is 2. The number of nitrogens with zero attached hydrogens (tertiary/aromatic N) is 1. The lowest BCUT2D eigenvalue weighted by atomic mass is 9.92. The fourth-order valence-corrected chi connectivity index (χ4v) is 2.54. The van der Waals surface area contributed by atoms with Gasteiger partial charge < -0.3 is 9.47 Å². The third-order valence-corrected chi connectivity index (χ3v) is 3.69. The van der Waals surface area contributed by atoms with E-state index in [0.717, 1.165) is 5.56 Å². The monoisotopic (exact) mass is 355 g/mol. The van der Waals surface area contributed by atoms with E-state index in [1.54, 1.807) is 19.1 Å². The van der Waals surface area contributed by atoms with Crippen LogP contribution >= 0.6 is 0 Å². The molecule has 0 aliphatic carbocycles. The Morgan fingerprint density at radius 1 is 1.12 bits per heavy atom. The van der Waals surface area contributed by atoms with E-state index in [0.29, 0.717) is 5.75 Å². The Balaban J connectivity index is 2.33. The van der Waals surface area contributed by atoms with Gasteiger partial charge in [0.1, 0.15) is 11.9 Å². The second-order valence-electron chi connectivity index (χ2n) is 5.54. The van der Waals surface area contributed by atoms with Crippen molar-refractivity contribution in [1.82, 2.24) is 0 Å². The van der Waals surface area contributed by atoms with Gasteiger partial charge in [-0.1, -0.05) is 48.5 Å². The molecule has 0 radical (unpaired) electrons. The largest absolute Gasteiger partial charge is 0.485 e. The Bertz CT molecular complexity index is 730. The summed E-state index contributed by atoms with van der Waals surface area (Å²) in [5.74, 6) is -0.505. The Labute approximate surface area is 152 Å². The Morgan fingerprint density at radius 2 is 1.73 bits per heavy atom. The lowest BCUT2D eigenvalue weighted by Crippen LogP contribution is -2.29. The molecule has 0 saturated carbocycles. The molecule has 0 amide bonds. The average Bonchev–Trinajstić information content (AvgIpc) is 2.65. The van der Waals surface area contributed by atoms with Crippen LogP contribution in [0.2, 0.25) is 0 Å². The predicted molar refractivity (Wildman–Crippen MR) is 97.7 cm³/mol. The number of esters is 1. The molecule has 6 nitrogen and oxygen atoms in total. The highest BCUT2D eigenvalue weighted by Gasteiger charge is 2.28. The number of para-hydroxylation sites is 1. The third kappa shape index (κ3) is 6.05. The van der Waals surface area contributed by atoms with Crippen LogP contribution in [0.3, 0.4) is 0 Å². The summed E-state index contributed by atoms with van der Waals surface area (Å²) in [5, 5.41) is 11.2. The first-order valence-electron chi connectivity index (χ1n) is 8.33. The van der Waals surface area contributed by atoms with Crippen LogP contribution in [0.25, 0.3) is 0 Å². The molecule has 2 rings (SSSR count). The molecule has 0 fully saturated rings. The van der Waals surface area contributed by atoms with E-state index in [1.807, 2.05) is 48.5 Å². The highest BCUT2D eigenvalue weighted by Crippen LogP contribution is 2.25. The van der Waals surface area contributed by atoms with Gasteiger partial charge in [-0.15, -0.1) is 0 Å². The molecule has 0 bridgehead atoms. The Morgan fingerprint density at radius 3 is 2.31 bits per heavy atom. The van der Waals surface area contributed by atoms with Crippen molar-refractivity contribution >= 4 is 5.97 Å². The summed E-state index contributed by atoms with van der Waals surface area (Å²) >= 11 is 0. The van der Waals surface area contributed by atoms with Crippen LogP contribution in [0.5, 0.6) is 5.75 Å². The molecule has 0 aliphatic heterocycles. The van der Waals surface area contributed by atoms with Crippen molar-refractivity contribution < 1.29 is 19.2 Å². The van der Waals surface area contributed by atoms with Crippen LogP contribution in [0.1, 0.15) is 18.4 Å². The lowest BCUT2D eigenvalue weighted by molar-refractivity contribution is -0.484. The summed E-state index contributed by atoms with van der Waals surface area (Å²) in [6.45, 7) is 1.64. The van der Waals surface area contributed by atoms with Crippen molar-refractivity contribution in [2.24, 2.45) is 0 Å². The van der Waals surface area contributed by atoms with Crippen LogP contribution < -0.4 is 4.74 Å². The molecule has 0 heterocycles. The Kier molecular flexibility index (Phi) is 7.36. The first kappa shape index (κ1) is 19.2. The number of carbonyl (C=O) groups excluding carboxylic acids is 1. The molecule has 2 aromatic rings. The maximum absolute atomic E-state index is 11.7. The number of ether oxygens (including phenoxy) is 2. The molecule has 0 saturated heterocycles. The summed E-state index contributed by atoms with van der Waals surface area (Å²) in [6.07, 6.45) is 2.08. The van der Waals surface area contributed by atoms with Gasteiger partial charge in [0.25, 0.3) is 0 Å². The zero-order valence-electron chi connectivity index (χ0n) is 14.5. The molecule has 0 spiro atoms. The lowest BCUT2D eigenvalue weighted by Gasteiger charge is -2.23. The van der Waals surface area contributed by atoms with Crippen molar-refractivity contribution in [1.29, 1.82) is 0 Å². The van der Waals surface area contributed by atoms with Gasteiger partial charge in [-0.2, -0.15) is 0 Å². The molecule has 2 aromatic carbocycles. The zero-order valence-corrected chi connectivity index (χ0v) is 14.5. The van der Waals surface area contributed by atoms with Gasteiger partial charge >= 0.3 is 5.97 Å². The summed E-state index contributed by atoms with van der Waals surface area (Å²) < 4.78 is 10.9. The maximum atomic E-state index is 11.7. The number of rotatable bonds is 9. The molecule has 136 valence electrons. The van der Waals surface area contributed by atoms with Crippen LogP contribution in [0, 0.1) is 10.1 Å².